The maximum absolute atomic E-state index is 5.50. The highest BCUT2D eigenvalue weighted by Crippen LogP contribution is 2.29. The molecular weight excluding hydrogens is 306 g/mol. The van der Waals surface area contributed by atoms with Gasteiger partial charge in [0.25, 0.3) is 0 Å². The maximum atomic E-state index is 5.50. The van der Waals surface area contributed by atoms with Crippen LogP contribution in [0.5, 0.6) is 0 Å². The van der Waals surface area contributed by atoms with Gasteiger partial charge in [-0.3, -0.25) is 0 Å². The Labute approximate surface area is 142 Å². The van der Waals surface area contributed by atoms with Crippen molar-refractivity contribution in [1.29, 1.82) is 0 Å². The number of thiocarbonyl (C=S) groups is 1. The highest BCUT2D eigenvalue weighted by atomic mass is 32.1. The Morgan fingerprint density at radius 1 is 1.43 bits per heavy atom. The maximum Gasteiger partial charge on any atom is 0.169 e. The van der Waals surface area contributed by atoms with Gasteiger partial charge < -0.3 is 19.9 Å². The minimum Gasteiger partial charge on any atom is -0.383 e. The summed E-state index contributed by atoms with van der Waals surface area (Å²) >= 11 is 5.50. The molecule has 4 nitrogen and oxygen atoms in total. The molecule has 1 atom stereocenters. The number of rotatable bonds is 4. The number of nitrogens with one attached hydrogen (secondary N) is 2. The number of aromatic amines is 1. The van der Waals surface area contributed by atoms with Crippen molar-refractivity contribution in [3.8, 4) is 0 Å². The molecule has 23 heavy (non-hydrogen) atoms. The third-order valence-corrected chi connectivity index (χ3v) is 4.59. The van der Waals surface area contributed by atoms with E-state index in [0.717, 1.165) is 24.6 Å². The summed E-state index contributed by atoms with van der Waals surface area (Å²) < 4.78 is 5.14. The molecule has 0 aliphatic carbocycles. The first-order chi connectivity index (χ1) is 11.2. The van der Waals surface area contributed by atoms with Crippen molar-refractivity contribution < 1.29 is 4.74 Å². The molecule has 2 heterocycles. The lowest BCUT2D eigenvalue weighted by atomic mass is 9.99. The highest BCUT2D eigenvalue weighted by molar-refractivity contribution is 7.80. The number of nitrogens with zero attached hydrogens (tertiary/aromatic N) is 1. The summed E-state index contributed by atoms with van der Waals surface area (Å²) in [5.41, 5.74) is 3.90. The van der Waals surface area contributed by atoms with Gasteiger partial charge >= 0.3 is 0 Å². The molecule has 1 unspecified atom stereocenters. The van der Waals surface area contributed by atoms with Gasteiger partial charge in [0.2, 0.25) is 0 Å². The molecular formula is C18H23N3OS. The first-order valence-electron chi connectivity index (χ1n) is 7.99. The van der Waals surface area contributed by atoms with Crippen LogP contribution in [0.25, 0.3) is 16.5 Å². The smallest absolute Gasteiger partial charge is 0.169 e. The second-order valence-electron chi connectivity index (χ2n) is 5.98. The van der Waals surface area contributed by atoms with Crippen molar-refractivity contribution in [2.24, 2.45) is 0 Å². The Kier molecular flexibility index (Phi) is 4.98. The minimum absolute atomic E-state index is 0.228. The molecule has 0 amide bonds. The predicted molar refractivity (Wildman–Crippen MR) is 99.5 cm³/mol. The summed E-state index contributed by atoms with van der Waals surface area (Å²) in [5, 5.41) is 5.43. The van der Waals surface area contributed by atoms with Crippen LogP contribution in [0.1, 0.15) is 18.9 Å². The van der Waals surface area contributed by atoms with Crippen LogP contribution in [0.3, 0.4) is 0 Å². The molecule has 2 aromatic rings. The van der Waals surface area contributed by atoms with Gasteiger partial charge in [-0.05, 0) is 37.2 Å². The number of hydrogen-bond acceptors (Lipinski definition) is 2. The van der Waals surface area contributed by atoms with Gasteiger partial charge in [-0.25, -0.2) is 0 Å². The molecule has 1 aromatic heterocycles. The van der Waals surface area contributed by atoms with Crippen LogP contribution < -0.4 is 5.32 Å². The monoisotopic (exact) mass is 329 g/mol. The lowest BCUT2D eigenvalue weighted by molar-refractivity contribution is 0.178. The van der Waals surface area contributed by atoms with E-state index in [2.05, 4.69) is 58.7 Å². The summed E-state index contributed by atoms with van der Waals surface area (Å²) in [6, 6.07) is 8.67. The number of para-hydroxylation sites is 1. The standard InChI is InChI=1S/C18H23N3OS/c1-13(12-22-2)20-18(23)21-9-7-14(8-10-21)16-11-19-17-6-4-3-5-15(16)17/h3-7,11,13,19H,8-10,12H2,1-2H3,(H,20,23). The molecule has 0 bridgehead atoms. The zero-order valence-corrected chi connectivity index (χ0v) is 14.5. The van der Waals surface area contributed by atoms with Crippen molar-refractivity contribution in [3.05, 3.63) is 42.1 Å². The van der Waals surface area contributed by atoms with Crippen molar-refractivity contribution in [2.75, 3.05) is 26.8 Å². The van der Waals surface area contributed by atoms with Crippen molar-refractivity contribution in [2.45, 2.75) is 19.4 Å². The average Bonchev–Trinajstić information content (AvgIpc) is 2.99. The Bertz CT molecular complexity index is 722. The average molecular weight is 329 g/mol. The topological polar surface area (TPSA) is 40.3 Å². The Balaban J connectivity index is 1.68. The lowest BCUT2D eigenvalue weighted by Crippen LogP contribution is -2.46. The molecule has 0 spiro atoms. The highest BCUT2D eigenvalue weighted by Gasteiger charge is 2.18. The van der Waals surface area contributed by atoms with Gasteiger partial charge in [0, 0.05) is 48.9 Å². The third kappa shape index (κ3) is 3.57. The van der Waals surface area contributed by atoms with Crippen LogP contribution in [0.2, 0.25) is 0 Å². The van der Waals surface area contributed by atoms with E-state index in [1.807, 2.05) is 0 Å². The summed E-state index contributed by atoms with van der Waals surface area (Å²) in [6.07, 6.45) is 5.40. The lowest BCUT2D eigenvalue weighted by Gasteiger charge is -2.30. The number of ether oxygens (including phenoxy) is 1. The molecule has 1 aromatic carbocycles. The second kappa shape index (κ2) is 7.15. The summed E-state index contributed by atoms with van der Waals surface area (Å²) in [6.45, 7) is 4.52. The minimum atomic E-state index is 0.228. The van der Waals surface area contributed by atoms with E-state index in [9.17, 15) is 0 Å². The van der Waals surface area contributed by atoms with Crippen molar-refractivity contribution >= 4 is 33.8 Å². The van der Waals surface area contributed by atoms with Crippen LogP contribution in [-0.4, -0.2) is 47.8 Å². The van der Waals surface area contributed by atoms with Gasteiger partial charge in [0.15, 0.2) is 5.11 Å². The Hall–Kier alpha value is -1.85. The quantitative estimate of drug-likeness (QED) is 0.846. The molecule has 0 fully saturated rings. The Morgan fingerprint density at radius 2 is 2.26 bits per heavy atom. The fourth-order valence-corrected chi connectivity index (χ4v) is 3.40. The molecule has 0 saturated carbocycles. The van der Waals surface area contributed by atoms with Crippen LogP contribution in [0.15, 0.2) is 36.5 Å². The van der Waals surface area contributed by atoms with E-state index in [-0.39, 0.29) is 6.04 Å². The summed E-state index contributed by atoms with van der Waals surface area (Å²) in [5.74, 6) is 0. The SMILES string of the molecule is COCC(C)NC(=S)N1CC=C(c2c[nH]c3ccccc23)CC1. The van der Waals surface area contributed by atoms with Gasteiger partial charge in [0.1, 0.15) is 0 Å². The fraction of sp³-hybridized carbons (Fsp3) is 0.389. The molecule has 1 aliphatic rings. The van der Waals surface area contributed by atoms with Gasteiger partial charge in [-0.1, -0.05) is 24.3 Å². The molecule has 5 heteroatoms. The van der Waals surface area contributed by atoms with Crippen LogP contribution in [0.4, 0.5) is 0 Å². The van der Waals surface area contributed by atoms with E-state index in [0.29, 0.717) is 6.61 Å². The number of methoxy groups -OCH3 is 1. The molecule has 122 valence electrons. The molecule has 0 radical (unpaired) electrons. The van der Waals surface area contributed by atoms with E-state index in [4.69, 9.17) is 17.0 Å². The van der Waals surface area contributed by atoms with E-state index >= 15 is 0 Å². The predicted octanol–water partition coefficient (Wildman–Crippen LogP) is 3.17. The number of H-pyrrole nitrogens is 1. The van der Waals surface area contributed by atoms with Crippen LogP contribution >= 0.6 is 12.2 Å². The fourth-order valence-electron chi connectivity index (χ4n) is 3.03. The summed E-state index contributed by atoms with van der Waals surface area (Å²) in [4.78, 5) is 5.56. The zero-order chi connectivity index (χ0) is 16.2. The number of benzene rings is 1. The van der Waals surface area contributed by atoms with Gasteiger partial charge in [-0.2, -0.15) is 0 Å². The van der Waals surface area contributed by atoms with Crippen LogP contribution in [0, 0.1) is 0 Å². The molecule has 2 N–H and O–H groups in total. The second-order valence-corrected chi connectivity index (χ2v) is 6.37. The van der Waals surface area contributed by atoms with Crippen molar-refractivity contribution in [3.63, 3.8) is 0 Å². The number of fused-ring (bicyclic) bond motifs is 1. The number of aromatic nitrogens is 1. The van der Waals surface area contributed by atoms with E-state index in [1.165, 1.54) is 22.0 Å². The third-order valence-electron chi connectivity index (χ3n) is 4.22. The molecule has 0 saturated heterocycles. The molecule has 1 aliphatic heterocycles. The van der Waals surface area contributed by atoms with Crippen LogP contribution in [-0.2, 0) is 4.74 Å². The largest absolute Gasteiger partial charge is 0.383 e. The van der Waals surface area contributed by atoms with E-state index < -0.39 is 0 Å². The normalized spacial score (nSPS) is 16.3. The Morgan fingerprint density at radius 3 is 3.00 bits per heavy atom. The number of hydrogen-bond donors (Lipinski definition) is 2. The summed E-state index contributed by atoms with van der Waals surface area (Å²) in [7, 11) is 1.71. The van der Waals surface area contributed by atoms with Crippen molar-refractivity contribution in [1.82, 2.24) is 15.2 Å². The first kappa shape index (κ1) is 16.0. The van der Waals surface area contributed by atoms with Gasteiger partial charge in [-0.15, -0.1) is 0 Å². The zero-order valence-electron chi connectivity index (χ0n) is 13.6. The van der Waals surface area contributed by atoms with Gasteiger partial charge in [0.05, 0.1) is 6.61 Å². The molecule has 3 rings (SSSR count). The first-order valence-corrected chi connectivity index (χ1v) is 8.39. The van der Waals surface area contributed by atoms with E-state index in [1.54, 1.807) is 7.11 Å².